The van der Waals surface area contributed by atoms with E-state index in [9.17, 15) is 0 Å². The SMILES string of the molecule is C1=CC2(c3ccccc3)SC2(Nc2ccccc2)C2SC12. The van der Waals surface area contributed by atoms with Crippen LogP contribution in [0.25, 0.3) is 0 Å². The Bertz CT molecular complexity index is 715. The Balaban J connectivity index is 1.58. The van der Waals surface area contributed by atoms with Gasteiger partial charge in [0.25, 0.3) is 0 Å². The van der Waals surface area contributed by atoms with Crippen LogP contribution in [-0.4, -0.2) is 15.4 Å². The smallest absolute Gasteiger partial charge is 0.121 e. The number of fused-ring (bicyclic) bond motifs is 3. The quantitative estimate of drug-likeness (QED) is 0.662. The third kappa shape index (κ3) is 1.62. The van der Waals surface area contributed by atoms with Crippen LogP contribution in [0, 0.1) is 0 Å². The molecular formula is C18H15NS2. The van der Waals surface area contributed by atoms with Crippen molar-refractivity contribution in [1.82, 2.24) is 0 Å². The van der Waals surface area contributed by atoms with E-state index in [1.54, 1.807) is 0 Å². The van der Waals surface area contributed by atoms with Crippen LogP contribution >= 0.6 is 23.5 Å². The molecule has 0 spiro atoms. The molecule has 104 valence electrons. The van der Waals surface area contributed by atoms with Crippen molar-refractivity contribution < 1.29 is 0 Å². The maximum Gasteiger partial charge on any atom is 0.121 e. The van der Waals surface area contributed by atoms with Crippen molar-refractivity contribution in [3.8, 4) is 0 Å². The van der Waals surface area contributed by atoms with Crippen molar-refractivity contribution in [3.63, 3.8) is 0 Å². The second-order valence-corrected chi connectivity index (χ2v) is 8.63. The zero-order chi connectivity index (χ0) is 13.9. The predicted octanol–water partition coefficient (Wildman–Crippen LogP) is 4.49. The van der Waals surface area contributed by atoms with E-state index in [1.807, 2.05) is 0 Å². The van der Waals surface area contributed by atoms with E-state index in [4.69, 9.17) is 0 Å². The normalized spacial score (nSPS) is 38.3. The first-order valence-corrected chi connectivity index (χ1v) is 9.04. The van der Waals surface area contributed by atoms with Crippen molar-refractivity contribution >= 4 is 29.2 Å². The Labute approximate surface area is 133 Å². The number of nitrogens with one attached hydrogen (secondary N) is 1. The van der Waals surface area contributed by atoms with Gasteiger partial charge in [0.1, 0.15) is 4.87 Å². The highest BCUT2D eigenvalue weighted by Gasteiger charge is 2.78. The van der Waals surface area contributed by atoms with Crippen LogP contribution < -0.4 is 5.32 Å². The Hall–Kier alpha value is -1.32. The van der Waals surface area contributed by atoms with E-state index in [-0.39, 0.29) is 9.62 Å². The number of hydrogen-bond donors (Lipinski definition) is 1. The molecule has 4 unspecified atom stereocenters. The van der Waals surface area contributed by atoms with Crippen LogP contribution in [0.2, 0.25) is 0 Å². The first-order valence-electron chi connectivity index (χ1n) is 7.28. The van der Waals surface area contributed by atoms with Crippen molar-refractivity contribution in [3.05, 3.63) is 78.4 Å². The number of benzene rings is 2. The van der Waals surface area contributed by atoms with E-state index < -0.39 is 0 Å². The van der Waals surface area contributed by atoms with Gasteiger partial charge in [-0.1, -0.05) is 60.7 Å². The van der Waals surface area contributed by atoms with Crippen molar-refractivity contribution in [2.75, 3.05) is 5.32 Å². The third-order valence-corrected chi connectivity index (χ3v) is 7.92. The fourth-order valence-corrected chi connectivity index (χ4v) is 6.74. The van der Waals surface area contributed by atoms with Gasteiger partial charge in [0.2, 0.25) is 0 Å². The first kappa shape index (κ1) is 12.2. The van der Waals surface area contributed by atoms with Gasteiger partial charge in [-0.05, 0) is 17.7 Å². The molecule has 3 heteroatoms. The monoisotopic (exact) mass is 309 g/mol. The lowest BCUT2D eigenvalue weighted by Crippen LogP contribution is -2.39. The molecule has 0 amide bonds. The van der Waals surface area contributed by atoms with Crippen molar-refractivity contribution in [1.29, 1.82) is 0 Å². The second kappa shape index (κ2) is 4.11. The molecule has 4 atom stereocenters. The minimum atomic E-state index is 0.106. The summed E-state index contributed by atoms with van der Waals surface area (Å²) in [4.78, 5) is 0.125. The molecule has 2 saturated heterocycles. The minimum absolute atomic E-state index is 0.106. The van der Waals surface area contributed by atoms with Crippen LogP contribution in [0.4, 0.5) is 5.69 Å². The zero-order valence-corrected chi connectivity index (χ0v) is 13.0. The van der Waals surface area contributed by atoms with Gasteiger partial charge < -0.3 is 5.32 Å². The molecule has 2 fully saturated rings. The van der Waals surface area contributed by atoms with Gasteiger partial charge in [-0.3, -0.25) is 0 Å². The Morgan fingerprint density at radius 1 is 0.905 bits per heavy atom. The van der Waals surface area contributed by atoms with Crippen LogP contribution in [0.5, 0.6) is 0 Å². The summed E-state index contributed by atoms with van der Waals surface area (Å²) in [6.45, 7) is 0. The van der Waals surface area contributed by atoms with Gasteiger partial charge >= 0.3 is 0 Å². The van der Waals surface area contributed by atoms with Crippen molar-refractivity contribution in [2.24, 2.45) is 0 Å². The summed E-state index contributed by atoms with van der Waals surface area (Å²) in [6.07, 6.45) is 4.84. The van der Waals surface area contributed by atoms with Gasteiger partial charge in [0.05, 0.1) is 10.00 Å². The average Bonchev–Trinajstić information content (AvgIpc) is 3.41. The fourth-order valence-electron chi connectivity index (χ4n) is 3.46. The van der Waals surface area contributed by atoms with E-state index in [2.05, 4.69) is 102 Å². The van der Waals surface area contributed by atoms with Crippen molar-refractivity contribution in [2.45, 2.75) is 20.1 Å². The number of para-hydroxylation sites is 1. The Kier molecular flexibility index (Phi) is 2.40. The van der Waals surface area contributed by atoms with Crippen LogP contribution in [0.3, 0.4) is 0 Å². The third-order valence-electron chi connectivity index (χ3n) is 4.59. The molecular weight excluding hydrogens is 294 g/mol. The van der Waals surface area contributed by atoms with Gasteiger partial charge in [-0.15, -0.1) is 23.5 Å². The fraction of sp³-hybridized carbons (Fsp3) is 0.222. The zero-order valence-electron chi connectivity index (χ0n) is 11.4. The highest BCUT2D eigenvalue weighted by atomic mass is 32.2. The molecule has 21 heavy (non-hydrogen) atoms. The molecule has 3 aliphatic rings. The lowest BCUT2D eigenvalue weighted by atomic mass is 9.84. The highest BCUT2D eigenvalue weighted by molar-refractivity contribution is 8.14. The molecule has 2 aromatic carbocycles. The molecule has 1 aliphatic carbocycles. The average molecular weight is 309 g/mol. The molecule has 0 radical (unpaired) electrons. The van der Waals surface area contributed by atoms with E-state index in [1.165, 1.54) is 11.3 Å². The summed E-state index contributed by atoms with van der Waals surface area (Å²) in [7, 11) is 0. The number of hydrogen-bond acceptors (Lipinski definition) is 3. The van der Waals surface area contributed by atoms with Crippen LogP contribution in [0.15, 0.2) is 72.8 Å². The summed E-state index contributed by atoms with van der Waals surface area (Å²) in [5.41, 5.74) is 2.64. The summed E-state index contributed by atoms with van der Waals surface area (Å²) in [5.74, 6) is 0. The second-order valence-electron chi connectivity index (χ2n) is 5.81. The topological polar surface area (TPSA) is 12.0 Å². The van der Waals surface area contributed by atoms with E-state index >= 15 is 0 Å². The standard InChI is InChI=1S/C18H15NS2/c1-3-7-13(8-4-1)17-12-11-15-16(20-15)18(17,21-17)19-14-9-5-2-6-10-14/h1-12,15-16,19H. The predicted molar refractivity (Wildman–Crippen MR) is 92.8 cm³/mol. The summed E-state index contributed by atoms with van der Waals surface area (Å²) < 4.78 is 0.106. The molecule has 1 N–H and O–H groups in total. The number of rotatable bonds is 3. The lowest BCUT2D eigenvalue weighted by molar-refractivity contribution is 0.632. The molecule has 2 heterocycles. The first-order chi connectivity index (χ1) is 10.3. The van der Waals surface area contributed by atoms with Gasteiger partial charge in [-0.25, -0.2) is 0 Å². The largest absolute Gasteiger partial charge is 0.368 e. The summed E-state index contributed by atoms with van der Waals surface area (Å²) in [6, 6.07) is 21.5. The molecule has 0 saturated carbocycles. The van der Waals surface area contributed by atoms with Gasteiger partial charge in [-0.2, -0.15) is 0 Å². The molecule has 2 aliphatic heterocycles. The molecule has 1 nitrogen and oxygen atoms in total. The van der Waals surface area contributed by atoms with E-state index in [0.717, 1.165) is 0 Å². The van der Waals surface area contributed by atoms with Crippen LogP contribution in [0.1, 0.15) is 5.56 Å². The summed E-state index contributed by atoms with van der Waals surface area (Å²) in [5, 5.41) is 5.24. The Morgan fingerprint density at radius 2 is 1.62 bits per heavy atom. The molecule has 2 aromatic rings. The van der Waals surface area contributed by atoms with Crippen LogP contribution in [-0.2, 0) is 4.75 Å². The minimum Gasteiger partial charge on any atom is -0.368 e. The maximum atomic E-state index is 3.85. The highest BCUT2D eigenvalue weighted by Crippen LogP contribution is 2.80. The molecule has 0 aromatic heterocycles. The maximum absolute atomic E-state index is 3.85. The lowest BCUT2D eigenvalue weighted by Gasteiger charge is -2.25. The number of thioether (sulfide) groups is 2. The van der Waals surface area contributed by atoms with Gasteiger partial charge in [0.15, 0.2) is 0 Å². The molecule has 5 rings (SSSR count). The molecule has 0 bridgehead atoms. The Morgan fingerprint density at radius 3 is 2.38 bits per heavy atom. The summed E-state index contributed by atoms with van der Waals surface area (Å²) >= 11 is 4.16. The van der Waals surface area contributed by atoms with E-state index in [0.29, 0.717) is 10.5 Å². The van der Waals surface area contributed by atoms with Gasteiger partial charge in [0, 0.05) is 10.9 Å². The number of anilines is 1.